The number of primary sulfonamides is 1. The number of hydrogen-bond donors (Lipinski definition) is 3. The summed E-state index contributed by atoms with van der Waals surface area (Å²) in [6.45, 7) is 3.62. The van der Waals surface area contributed by atoms with Crippen LogP contribution in [-0.4, -0.2) is 24.3 Å². The van der Waals surface area contributed by atoms with E-state index in [1.54, 1.807) is 13.0 Å². The van der Waals surface area contributed by atoms with Gasteiger partial charge in [-0.05, 0) is 49.2 Å². The summed E-state index contributed by atoms with van der Waals surface area (Å²) in [6.07, 6.45) is 0.620. The van der Waals surface area contributed by atoms with Crippen molar-refractivity contribution in [2.24, 2.45) is 10.1 Å². The summed E-state index contributed by atoms with van der Waals surface area (Å²) in [5, 5.41) is 24.7. The van der Waals surface area contributed by atoms with Gasteiger partial charge in [-0.2, -0.15) is 0 Å². The van der Waals surface area contributed by atoms with Crippen LogP contribution in [-0.2, 0) is 16.4 Å². The number of sulfonamides is 1. The third kappa shape index (κ3) is 3.88. The van der Waals surface area contributed by atoms with Crippen molar-refractivity contribution in [3.8, 4) is 11.5 Å². The highest BCUT2D eigenvalue weighted by Crippen LogP contribution is 2.29. The molecule has 0 bridgehead atoms. The van der Waals surface area contributed by atoms with E-state index >= 15 is 0 Å². The first-order chi connectivity index (χ1) is 10.7. The van der Waals surface area contributed by atoms with E-state index in [1.165, 1.54) is 30.3 Å². The fourth-order valence-corrected chi connectivity index (χ4v) is 2.67. The quantitative estimate of drug-likeness (QED) is 0.745. The number of phenolic OH excluding ortho intramolecular Hbond substituents is 2. The molecule has 0 fully saturated rings. The van der Waals surface area contributed by atoms with Gasteiger partial charge in [0, 0.05) is 17.3 Å². The molecule has 0 heterocycles. The molecule has 0 amide bonds. The van der Waals surface area contributed by atoms with Gasteiger partial charge in [0.05, 0.1) is 10.6 Å². The van der Waals surface area contributed by atoms with E-state index in [0.29, 0.717) is 28.9 Å². The first-order valence-corrected chi connectivity index (χ1v) is 8.50. The van der Waals surface area contributed by atoms with Crippen LogP contribution < -0.4 is 5.14 Å². The minimum atomic E-state index is -3.74. The molecule has 2 aromatic rings. The predicted molar refractivity (Wildman–Crippen MR) is 88.8 cm³/mol. The van der Waals surface area contributed by atoms with Gasteiger partial charge in [0.1, 0.15) is 11.5 Å². The predicted octanol–water partition coefficient (Wildman–Crippen LogP) is 2.45. The maximum Gasteiger partial charge on any atom is 0.238 e. The van der Waals surface area contributed by atoms with Gasteiger partial charge < -0.3 is 10.2 Å². The Labute approximate surface area is 135 Å². The number of nitrogens with zero attached hydrogens (tertiary/aromatic N) is 1. The van der Waals surface area contributed by atoms with E-state index in [2.05, 4.69) is 4.99 Å². The van der Waals surface area contributed by atoms with Crippen LogP contribution in [0.4, 0.5) is 5.69 Å². The Morgan fingerprint density at radius 1 is 1.13 bits per heavy atom. The van der Waals surface area contributed by atoms with Crippen molar-refractivity contribution in [1.82, 2.24) is 0 Å². The van der Waals surface area contributed by atoms with E-state index in [-0.39, 0.29) is 16.4 Å². The van der Waals surface area contributed by atoms with Crippen molar-refractivity contribution >= 4 is 21.4 Å². The van der Waals surface area contributed by atoms with E-state index in [4.69, 9.17) is 5.14 Å². The first kappa shape index (κ1) is 17.0. The smallest absolute Gasteiger partial charge is 0.238 e. The Hall–Kier alpha value is -2.38. The van der Waals surface area contributed by atoms with Crippen molar-refractivity contribution in [1.29, 1.82) is 0 Å². The average molecular weight is 334 g/mol. The highest BCUT2D eigenvalue weighted by Gasteiger charge is 2.11. The molecule has 23 heavy (non-hydrogen) atoms. The Balaban J connectivity index is 2.40. The topological polar surface area (TPSA) is 113 Å². The molecule has 2 rings (SSSR count). The molecular weight excluding hydrogens is 316 g/mol. The molecule has 0 aliphatic carbocycles. The van der Waals surface area contributed by atoms with Gasteiger partial charge in [-0.3, -0.25) is 4.99 Å². The van der Waals surface area contributed by atoms with Crippen LogP contribution in [0.1, 0.15) is 25.0 Å². The van der Waals surface area contributed by atoms with Crippen molar-refractivity contribution in [3.05, 3.63) is 47.5 Å². The number of aliphatic imine (C=N–C) groups is 1. The molecule has 0 aliphatic heterocycles. The second kappa shape index (κ2) is 6.39. The summed E-state index contributed by atoms with van der Waals surface area (Å²) in [4.78, 5) is 4.37. The largest absolute Gasteiger partial charge is 0.508 e. The van der Waals surface area contributed by atoms with Gasteiger partial charge in [0.25, 0.3) is 0 Å². The average Bonchev–Trinajstić information content (AvgIpc) is 2.47. The SMILES string of the molecule is CCc1cc(C(C)=Nc2ccc(S(N)(=O)=O)cc2)c(O)cc1O. The Morgan fingerprint density at radius 3 is 2.26 bits per heavy atom. The molecule has 122 valence electrons. The zero-order chi connectivity index (χ0) is 17.2. The first-order valence-electron chi connectivity index (χ1n) is 6.95. The highest BCUT2D eigenvalue weighted by molar-refractivity contribution is 7.89. The normalized spacial score (nSPS) is 12.4. The van der Waals surface area contributed by atoms with Crippen LogP contribution in [0, 0.1) is 0 Å². The van der Waals surface area contributed by atoms with Gasteiger partial charge in [0.15, 0.2) is 0 Å². The molecule has 7 heteroatoms. The molecule has 0 saturated carbocycles. The van der Waals surface area contributed by atoms with Crippen molar-refractivity contribution < 1.29 is 18.6 Å². The summed E-state index contributed by atoms with van der Waals surface area (Å²) in [6, 6.07) is 8.77. The van der Waals surface area contributed by atoms with E-state index in [0.717, 1.165) is 0 Å². The molecule has 0 aliphatic rings. The second-order valence-corrected chi connectivity index (χ2v) is 6.65. The minimum Gasteiger partial charge on any atom is -0.508 e. The van der Waals surface area contributed by atoms with Crippen molar-refractivity contribution in [2.75, 3.05) is 0 Å². The Bertz CT molecular complexity index is 856. The van der Waals surface area contributed by atoms with Crippen LogP contribution in [0.15, 0.2) is 46.3 Å². The molecule has 4 N–H and O–H groups in total. The zero-order valence-electron chi connectivity index (χ0n) is 12.8. The summed E-state index contributed by atoms with van der Waals surface area (Å²) >= 11 is 0. The Kier molecular flexibility index (Phi) is 4.72. The maximum atomic E-state index is 11.2. The lowest BCUT2D eigenvalue weighted by atomic mass is 10.0. The van der Waals surface area contributed by atoms with E-state index in [9.17, 15) is 18.6 Å². The van der Waals surface area contributed by atoms with Gasteiger partial charge in [-0.25, -0.2) is 13.6 Å². The van der Waals surface area contributed by atoms with Crippen LogP contribution in [0.25, 0.3) is 0 Å². The highest BCUT2D eigenvalue weighted by atomic mass is 32.2. The molecule has 0 saturated heterocycles. The molecule has 2 aromatic carbocycles. The van der Waals surface area contributed by atoms with Crippen molar-refractivity contribution in [3.63, 3.8) is 0 Å². The molecular formula is C16H18N2O4S. The Morgan fingerprint density at radius 2 is 1.74 bits per heavy atom. The van der Waals surface area contributed by atoms with Crippen LogP contribution in [0.3, 0.4) is 0 Å². The van der Waals surface area contributed by atoms with Crippen LogP contribution in [0.5, 0.6) is 11.5 Å². The maximum absolute atomic E-state index is 11.2. The van der Waals surface area contributed by atoms with Gasteiger partial charge in [-0.15, -0.1) is 0 Å². The third-order valence-corrected chi connectivity index (χ3v) is 4.36. The van der Waals surface area contributed by atoms with E-state index in [1.807, 2.05) is 6.92 Å². The molecule has 0 atom stereocenters. The number of hydrogen-bond acceptors (Lipinski definition) is 5. The van der Waals surface area contributed by atoms with Crippen LogP contribution in [0.2, 0.25) is 0 Å². The lowest BCUT2D eigenvalue weighted by Crippen LogP contribution is -2.11. The summed E-state index contributed by atoms with van der Waals surface area (Å²) in [5.41, 5.74) is 2.29. The molecule has 6 nitrogen and oxygen atoms in total. The lowest BCUT2D eigenvalue weighted by molar-refractivity contribution is 0.446. The standard InChI is InChI=1S/C16H18N2O4S/c1-3-11-8-14(16(20)9-15(11)19)10(2)18-12-4-6-13(7-5-12)23(17,21)22/h4-9,19-20H,3H2,1-2H3,(H2,17,21,22). The molecule has 0 unspecified atom stereocenters. The van der Waals surface area contributed by atoms with Crippen molar-refractivity contribution in [2.45, 2.75) is 25.2 Å². The number of phenols is 2. The monoisotopic (exact) mass is 334 g/mol. The summed E-state index contributed by atoms with van der Waals surface area (Å²) < 4.78 is 22.4. The number of aryl methyl sites for hydroxylation is 1. The number of nitrogens with two attached hydrogens (primary N) is 1. The summed E-state index contributed by atoms with van der Waals surface area (Å²) in [7, 11) is -3.74. The number of aromatic hydroxyl groups is 2. The lowest BCUT2D eigenvalue weighted by Gasteiger charge is -2.09. The fourth-order valence-electron chi connectivity index (χ4n) is 2.16. The molecule has 0 radical (unpaired) electrons. The molecule has 0 aromatic heterocycles. The van der Waals surface area contributed by atoms with Gasteiger partial charge in [-0.1, -0.05) is 6.92 Å². The van der Waals surface area contributed by atoms with Crippen LogP contribution >= 0.6 is 0 Å². The number of rotatable bonds is 4. The minimum absolute atomic E-state index is 0.00912. The van der Waals surface area contributed by atoms with Gasteiger partial charge >= 0.3 is 0 Å². The number of benzene rings is 2. The second-order valence-electron chi connectivity index (χ2n) is 5.09. The van der Waals surface area contributed by atoms with Gasteiger partial charge in [0.2, 0.25) is 10.0 Å². The summed E-state index contributed by atoms with van der Waals surface area (Å²) in [5.74, 6) is -0.0267. The molecule has 0 spiro atoms. The zero-order valence-corrected chi connectivity index (χ0v) is 13.6. The van der Waals surface area contributed by atoms with E-state index < -0.39 is 10.0 Å². The third-order valence-electron chi connectivity index (χ3n) is 3.43. The fraction of sp³-hybridized carbons (Fsp3) is 0.188.